The molecule has 0 radical (unpaired) electrons. The summed E-state index contributed by atoms with van der Waals surface area (Å²) in [6, 6.07) is 6.96. The molecule has 0 spiro atoms. The van der Waals surface area contributed by atoms with E-state index in [1.165, 1.54) is 35.0 Å². The van der Waals surface area contributed by atoms with E-state index in [0.29, 0.717) is 12.0 Å². The molecule has 0 bridgehead atoms. The summed E-state index contributed by atoms with van der Waals surface area (Å²) in [5.41, 5.74) is 8.75. The number of likely N-dealkylation sites (tertiary alicyclic amines) is 1. The molecule has 0 aromatic heterocycles. The van der Waals surface area contributed by atoms with E-state index in [0.717, 1.165) is 13.1 Å². The van der Waals surface area contributed by atoms with Gasteiger partial charge in [-0.1, -0.05) is 28.1 Å². The van der Waals surface area contributed by atoms with Gasteiger partial charge in [0, 0.05) is 23.6 Å². The Kier molecular flexibility index (Phi) is 6.81. The molecule has 108 valence electrons. The fourth-order valence-corrected chi connectivity index (χ4v) is 2.97. The molecule has 2 nitrogen and oxygen atoms in total. The third kappa shape index (κ3) is 4.75. The van der Waals surface area contributed by atoms with Crippen molar-refractivity contribution in [3.63, 3.8) is 0 Å². The summed E-state index contributed by atoms with van der Waals surface area (Å²) in [5, 5.41) is 0. The number of rotatable bonds is 3. The van der Waals surface area contributed by atoms with E-state index in [1.807, 2.05) is 0 Å². The average molecular weight is 348 g/mol. The summed E-state index contributed by atoms with van der Waals surface area (Å²) in [5.74, 6) is 0.662. The summed E-state index contributed by atoms with van der Waals surface area (Å²) in [4.78, 5) is 2.54. The van der Waals surface area contributed by atoms with Gasteiger partial charge in [-0.15, -0.1) is 12.4 Å². The lowest BCUT2D eigenvalue weighted by molar-refractivity contribution is 0.154. The largest absolute Gasteiger partial charge is 0.328 e. The molecule has 1 aromatic rings. The van der Waals surface area contributed by atoms with Crippen LogP contribution in [0.2, 0.25) is 0 Å². The van der Waals surface area contributed by atoms with Crippen LogP contribution in [0, 0.1) is 12.8 Å². The molecule has 0 amide bonds. The van der Waals surface area contributed by atoms with E-state index in [1.54, 1.807) is 0 Å². The number of halogens is 2. The molecule has 0 aliphatic carbocycles. The highest BCUT2D eigenvalue weighted by Crippen LogP contribution is 2.22. The van der Waals surface area contributed by atoms with E-state index < -0.39 is 0 Å². The molecule has 1 saturated heterocycles. The molecule has 1 fully saturated rings. The van der Waals surface area contributed by atoms with E-state index in [4.69, 9.17) is 5.73 Å². The molecule has 1 aliphatic heterocycles. The third-order valence-electron chi connectivity index (χ3n) is 3.91. The Morgan fingerprint density at radius 3 is 2.84 bits per heavy atom. The van der Waals surface area contributed by atoms with Crippen LogP contribution in [0.5, 0.6) is 0 Å². The standard InChI is InChI=1S/C15H23BrN2.ClH/c1-11-8-13(5-6-15(11)16)9-18-7-3-4-14(10-18)12(2)17;/h5-6,8,12,14H,3-4,7,9-10,17H2,1-2H3;1H. The van der Waals surface area contributed by atoms with Crippen LogP contribution in [-0.2, 0) is 6.54 Å². The number of aryl methyl sites for hydroxylation is 1. The smallest absolute Gasteiger partial charge is 0.0233 e. The van der Waals surface area contributed by atoms with Crippen molar-refractivity contribution in [2.45, 2.75) is 39.3 Å². The fraction of sp³-hybridized carbons (Fsp3) is 0.600. The van der Waals surface area contributed by atoms with Gasteiger partial charge >= 0.3 is 0 Å². The molecule has 2 unspecified atom stereocenters. The highest BCUT2D eigenvalue weighted by Gasteiger charge is 2.22. The molecular weight excluding hydrogens is 324 g/mol. The van der Waals surface area contributed by atoms with Crippen LogP contribution in [0.1, 0.15) is 30.9 Å². The van der Waals surface area contributed by atoms with Crippen LogP contribution in [-0.4, -0.2) is 24.0 Å². The second-order valence-electron chi connectivity index (χ2n) is 5.58. The average Bonchev–Trinajstić information content (AvgIpc) is 2.34. The second kappa shape index (κ2) is 7.63. The summed E-state index contributed by atoms with van der Waals surface area (Å²) >= 11 is 3.55. The first kappa shape index (κ1) is 17.0. The zero-order chi connectivity index (χ0) is 13.1. The predicted molar refractivity (Wildman–Crippen MR) is 87.8 cm³/mol. The fourth-order valence-electron chi connectivity index (χ4n) is 2.73. The van der Waals surface area contributed by atoms with Gasteiger partial charge in [-0.05, 0) is 56.3 Å². The van der Waals surface area contributed by atoms with Gasteiger partial charge in [-0.3, -0.25) is 4.90 Å². The van der Waals surface area contributed by atoms with Crippen LogP contribution in [0.25, 0.3) is 0 Å². The summed E-state index contributed by atoms with van der Waals surface area (Å²) in [6.45, 7) is 7.69. The Labute approximate surface area is 131 Å². The van der Waals surface area contributed by atoms with Crippen molar-refractivity contribution in [1.82, 2.24) is 4.90 Å². The highest BCUT2D eigenvalue weighted by atomic mass is 79.9. The van der Waals surface area contributed by atoms with Crippen LogP contribution in [0.3, 0.4) is 0 Å². The Morgan fingerprint density at radius 1 is 1.47 bits per heavy atom. The first-order valence-corrected chi connectivity index (χ1v) is 7.58. The minimum Gasteiger partial charge on any atom is -0.328 e. The zero-order valence-electron chi connectivity index (χ0n) is 11.7. The maximum Gasteiger partial charge on any atom is 0.0233 e. The van der Waals surface area contributed by atoms with Gasteiger partial charge in [0.25, 0.3) is 0 Å². The number of benzene rings is 1. The lowest BCUT2D eigenvalue weighted by Gasteiger charge is -2.34. The zero-order valence-corrected chi connectivity index (χ0v) is 14.1. The van der Waals surface area contributed by atoms with Gasteiger partial charge < -0.3 is 5.73 Å². The van der Waals surface area contributed by atoms with Gasteiger partial charge in [0.1, 0.15) is 0 Å². The van der Waals surface area contributed by atoms with Gasteiger partial charge in [0.05, 0.1) is 0 Å². The van der Waals surface area contributed by atoms with E-state index in [-0.39, 0.29) is 12.4 Å². The molecule has 2 atom stereocenters. The lowest BCUT2D eigenvalue weighted by atomic mass is 9.92. The topological polar surface area (TPSA) is 29.3 Å². The number of hydrogen-bond donors (Lipinski definition) is 1. The predicted octanol–water partition coefficient (Wildman–Crippen LogP) is 3.74. The molecule has 2 N–H and O–H groups in total. The molecule has 1 aromatic carbocycles. The number of piperidine rings is 1. The molecule has 4 heteroatoms. The molecule has 1 heterocycles. The van der Waals surface area contributed by atoms with Crippen molar-refractivity contribution in [3.05, 3.63) is 33.8 Å². The van der Waals surface area contributed by atoms with Gasteiger partial charge in [0.2, 0.25) is 0 Å². The van der Waals surface area contributed by atoms with Crippen molar-refractivity contribution in [3.8, 4) is 0 Å². The first-order valence-electron chi connectivity index (χ1n) is 6.79. The van der Waals surface area contributed by atoms with E-state index in [2.05, 4.69) is 52.9 Å². The quantitative estimate of drug-likeness (QED) is 0.902. The first-order chi connectivity index (χ1) is 8.56. The molecule has 0 saturated carbocycles. The van der Waals surface area contributed by atoms with Crippen LogP contribution >= 0.6 is 28.3 Å². The second-order valence-corrected chi connectivity index (χ2v) is 6.43. The maximum absolute atomic E-state index is 6.03. The van der Waals surface area contributed by atoms with Crippen molar-refractivity contribution in [2.75, 3.05) is 13.1 Å². The molecule has 1 aliphatic rings. The normalized spacial score (nSPS) is 21.8. The minimum atomic E-state index is 0. The van der Waals surface area contributed by atoms with E-state index in [9.17, 15) is 0 Å². The number of nitrogens with two attached hydrogens (primary N) is 1. The number of hydrogen-bond acceptors (Lipinski definition) is 2. The summed E-state index contributed by atoms with van der Waals surface area (Å²) in [7, 11) is 0. The Balaban J connectivity index is 0.00000180. The van der Waals surface area contributed by atoms with Crippen LogP contribution in [0.4, 0.5) is 0 Å². The molecule has 19 heavy (non-hydrogen) atoms. The maximum atomic E-state index is 6.03. The van der Waals surface area contributed by atoms with Crippen molar-refractivity contribution >= 4 is 28.3 Å². The lowest BCUT2D eigenvalue weighted by Crippen LogP contribution is -2.41. The van der Waals surface area contributed by atoms with Crippen molar-refractivity contribution in [2.24, 2.45) is 11.7 Å². The van der Waals surface area contributed by atoms with Gasteiger partial charge in [-0.25, -0.2) is 0 Å². The summed E-state index contributed by atoms with van der Waals surface area (Å²) < 4.78 is 1.19. The Hall–Kier alpha value is -0.0900. The van der Waals surface area contributed by atoms with E-state index >= 15 is 0 Å². The minimum absolute atomic E-state index is 0. The Bertz CT molecular complexity index is 409. The molecule has 2 rings (SSSR count). The Morgan fingerprint density at radius 2 is 2.21 bits per heavy atom. The van der Waals surface area contributed by atoms with Crippen LogP contribution < -0.4 is 5.73 Å². The van der Waals surface area contributed by atoms with Crippen LogP contribution in [0.15, 0.2) is 22.7 Å². The number of nitrogens with zero attached hydrogens (tertiary/aromatic N) is 1. The van der Waals surface area contributed by atoms with Gasteiger partial charge in [-0.2, -0.15) is 0 Å². The van der Waals surface area contributed by atoms with Gasteiger partial charge in [0.15, 0.2) is 0 Å². The SMILES string of the molecule is Cc1cc(CN2CCCC(C(C)N)C2)ccc1Br.Cl. The monoisotopic (exact) mass is 346 g/mol. The molecular formula is C15H24BrClN2. The third-order valence-corrected chi connectivity index (χ3v) is 4.80. The highest BCUT2D eigenvalue weighted by molar-refractivity contribution is 9.10. The van der Waals surface area contributed by atoms with Crippen molar-refractivity contribution in [1.29, 1.82) is 0 Å². The summed E-state index contributed by atoms with van der Waals surface area (Å²) in [6.07, 6.45) is 2.56. The van der Waals surface area contributed by atoms with Crippen molar-refractivity contribution < 1.29 is 0 Å².